The Kier molecular flexibility index (Phi) is 4.64. The molecule has 0 saturated carbocycles. The highest BCUT2D eigenvalue weighted by molar-refractivity contribution is 5.90. The maximum absolute atomic E-state index is 12.6. The molecule has 0 bridgehead atoms. The first-order valence-electron chi connectivity index (χ1n) is 8.06. The van der Waals surface area contributed by atoms with E-state index in [0.717, 1.165) is 6.42 Å². The molecular formula is C18H22N4O2. The molecule has 2 unspecified atom stereocenters. The number of rotatable bonds is 3. The van der Waals surface area contributed by atoms with Crippen LogP contribution >= 0.6 is 0 Å². The Labute approximate surface area is 141 Å². The SMILES string of the molecule is COc1cncnc1NC(=O)N1CC(c2ccc(C)cc2)CC1C. The molecule has 6 heteroatoms. The smallest absolute Gasteiger partial charge is 0.323 e. The van der Waals surface area contributed by atoms with Gasteiger partial charge in [-0.3, -0.25) is 5.32 Å². The summed E-state index contributed by atoms with van der Waals surface area (Å²) in [5.74, 6) is 1.20. The minimum Gasteiger partial charge on any atom is -0.491 e. The summed E-state index contributed by atoms with van der Waals surface area (Å²) in [6.45, 7) is 4.85. The van der Waals surface area contributed by atoms with Crippen LogP contribution in [0, 0.1) is 6.92 Å². The summed E-state index contributed by atoms with van der Waals surface area (Å²) in [4.78, 5) is 22.4. The zero-order valence-corrected chi connectivity index (χ0v) is 14.2. The third-order valence-corrected chi connectivity index (χ3v) is 4.51. The first kappa shape index (κ1) is 16.2. The van der Waals surface area contributed by atoms with E-state index in [1.54, 1.807) is 0 Å². The fourth-order valence-corrected chi connectivity index (χ4v) is 3.13. The number of carbonyl (C=O) groups excluding carboxylic acids is 1. The lowest BCUT2D eigenvalue weighted by molar-refractivity contribution is 0.209. The van der Waals surface area contributed by atoms with Gasteiger partial charge < -0.3 is 9.64 Å². The predicted octanol–water partition coefficient (Wildman–Crippen LogP) is 3.20. The van der Waals surface area contributed by atoms with Gasteiger partial charge in [-0.1, -0.05) is 29.8 Å². The topological polar surface area (TPSA) is 67.4 Å². The first-order chi connectivity index (χ1) is 11.6. The molecule has 0 aliphatic carbocycles. The zero-order chi connectivity index (χ0) is 17.1. The average Bonchev–Trinajstić information content (AvgIpc) is 2.98. The van der Waals surface area contributed by atoms with E-state index in [1.807, 2.05) is 4.90 Å². The Hall–Kier alpha value is -2.63. The summed E-state index contributed by atoms with van der Waals surface area (Å²) in [6.07, 6.45) is 3.88. The second-order valence-corrected chi connectivity index (χ2v) is 6.21. The number of aromatic nitrogens is 2. The monoisotopic (exact) mass is 326 g/mol. The molecule has 3 rings (SSSR count). The number of nitrogens with zero attached hydrogens (tertiary/aromatic N) is 3. The second kappa shape index (κ2) is 6.86. The number of likely N-dealkylation sites (tertiary alicyclic amines) is 1. The normalized spacial score (nSPS) is 20.0. The van der Waals surface area contributed by atoms with Crippen LogP contribution in [-0.2, 0) is 0 Å². The highest BCUT2D eigenvalue weighted by Crippen LogP contribution is 2.32. The van der Waals surface area contributed by atoms with Gasteiger partial charge >= 0.3 is 6.03 Å². The van der Waals surface area contributed by atoms with Crippen molar-refractivity contribution in [2.24, 2.45) is 0 Å². The molecule has 1 aliphatic rings. The van der Waals surface area contributed by atoms with Crippen LogP contribution in [0.3, 0.4) is 0 Å². The van der Waals surface area contributed by atoms with Gasteiger partial charge in [-0.05, 0) is 25.8 Å². The molecule has 1 fully saturated rings. The van der Waals surface area contributed by atoms with E-state index in [-0.39, 0.29) is 12.1 Å². The van der Waals surface area contributed by atoms with Crippen LogP contribution in [0.15, 0.2) is 36.8 Å². The minimum atomic E-state index is -0.158. The standard InChI is InChI=1S/C18H22N4O2/c1-12-4-6-14(7-5-12)15-8-13(2)22(10-15)18(23)21-17-16(24-3)9-19-11-20-17/h4-7,9,11,13,15H,8,10H2,1-3H3,(H,19,20,21,23). The van der Waals surface area contributed by atoms with Crippen LogP contribution in [0.1, 0.15) is 30.4 Å². The summed E-state index contributed by atoms with van der Waals surface area (Å²) in [5, 5.41) is 2.83. The number of anilines is 1. The van der Waals surface area contributed by atoms with Gasteiger partial charge in [-0.2, -0.15) is 0 Å². The van der Waals surface area contributed by atoms with E-state index in [0.29, 0.717) is 24.0 Å². The number of aryl methyl sites for hydroxylation is 1. The van der Waals surface area contributed by atoms with Gasteiger partial charge in [0, 0.05) is 18.5 Å². The van der Waals surface area contributed by atoms with Crippen molar-refractivity contribution in [3.63, 3.8) is 0 Å². The molecule has 1 aliphatic heterocycles. The van der Waals surface area contributed by atoms with Crippen molar-refractivity contribution in [2.45, 2.75) is 32.2 Å². The molecule has 2 heterocycles. The molecule has 2 aromatic rings. The van der Waals surface area contributed by atoms with Gasteiger partial charge in [-0.25, -0.2) is 14.8 Å². The number of benzene rings is 1. The van der Waals surface area contributed by atoms with Crippen LogP contribution in [0.4, 0.5) is 10.6 Å². The lowest BCUT2D eigenvalue weighted by Crippen LogP contribution is -2.37. The zero-order valence-electron chi connectivity index (χ0n) is 14.2. The second-order valence-electron chi connectivity index (χ2n) is 6.21. The van der Waals surface area contributed by atoms with Gasteiger partial charge in [0.15, 0.2) is 11.6 Å². The van der Waals surface area contributed by atoms with Crippen LogP contribution in [-0.4, -0.2) is 40.6 Å². The van der Waals surface area contributed by atoms with Crippen molar-refractivity contribution < 1.29 is 9.53 Å². The number of methoxy groups -OCH3 is 1. The molecular weight excluding hydrogens is 304 g/mol. The highest BCUT2D eigenvalue weighted by atomic mass is 16.5. The number of hydrogen-bond donors (Lipinski definition) is 1. The first-order valence-corrected chi connectivity index (χ1v) is 8.06. The summed E-state index contributed by atoms with van der Waals surface area (Å²) < 4.78 is 5.18. The van der Waals surface area contributed by atoms with Gasteiger partial charge in [-0.15, -0.1) is 0 Å². The van der Waals surface area contributed by atoms with Crippen molar-refractivity contribution in [3.8, 4) is 5.75 Å². The quantitative estimate of drug-likeness (QED) is 0.940. The fourth-order valence-electron chi connectivity index (χ4n) is 3.13. The molecule has 1 aromatic heterocycles. The van der Waals surface area contributed by atoms with E-state index < -0.39 is 0 Å². The Morgan fingerprint density at radius 2 is 2.08 bits per heavy atom. The Morgan fingerprint density at radius 3 is 2.79 bits per heavy atom. The third-order valence-electron chi connectivity index (χ3n) is 4.51. The predicted molar refractivity (Wildman–Crippen MR) is 92.3 cm³/mol. The molecule has 1 aromatic carbocycles. The van der Waals surface area contributed by atoms with E-state index in [4.69, 9.17) is 4.74 Å². The summed E-state index contributed by atoms with van der Waals surface area (Å²) in [5.41, 5.74) is 2.53. The van der Waals surface area contributed by atoms with Gasteiger partial charge in [0.25, 0.3) is 0 Å². The molecule has 24 heavy (non-hydrogen) atoms. The summed E-state index contributed by atoms with van der Waals surface area (Å²) >= 11 is 0. The molecule has 1 N–H and O–H groups in total. The van der Waals surface area contributed by atoms with Gasteiger partial charge in [0.05, 0.1) is 13.3 Å². The number of hydrogen-bond acceptors (Lipinski definition) is 4. The van der Waals surface area contributed by atoms with Crippen molar-refractivity contribution in [1.82, 2.24) is 14.9 Å². The molecule has 6 nitrogen and oxygen atoms in total. The van der Waals surface area contributed by atoms with Crippen molar-refractivity contribution in [2.75, 3.05) is 19.0 Å². The number of urea groups is 1. The highest BCUT2D eigenvalue weighted by Gasteiger charge is 2.33. The Balaban J connectivity index is 1.70. The van der Waals surface area contributed by atoms with E-state index >= 15 is 0 Å². The maximum atomic E-state index is 12.6. The number of nitrogens with one attached hydrogen (secondary N) is 1. The maximum Gasteiger partial charge on any atom is 0.323 e. The molecule has 2 atom stereocenters. The molecule has 1 saturated heterocycles. The van der Waals surface area contributed by atoms with Gasteiger partial charge in [0.1, 0.15) is 6.33 Å². The summed E-state index contributed by atoms with van der Waals surface area (Å²) in [7, 11) is 1.53. The molecule has 0 radical (unpaired) electrons. The van der Waals surface area contributed by atoms with Crippen LogP contribution in [0.2, 0.25) is 0 Å². The van der Waals surface area contributed by atoms with Crippen molar-refractivity contribution in [3.05, 3.63) is 47.9 Å². The van der Waals surface area contributed by atoms with E-state index in [2.05, 4.69) is 53.4 Å². The fraction of sp³-hybridized carbons (Fsp3) is 0.389. The average molecular weight is 326 g/mol. The largest absolute Gasteiger partial charge is 0.491 e. The molecule has 2 amide bonds. The Morgan fingerprint density at radius 1 is 1.33 bits per heavy atom. The molecule has 126 valence electrons. The van der Waals surface area contributed by atoms with Crippen LogP contribution < -0.4 is 10.1 Å². The molecule has 0 spiro atoms. The van der Waals surface area contributed by atoms with Gasteiger partial charge in [0.2, 0.25) is 0 Å². The third kappa shape index (κ3) is 3.32. The van der Waals surface area contributed by atoms with E-state index in [1.165, 1.54) is 30.8 Å². The number of carbonyl (C=O) groups is 1. The van der Waals surface area contributed by atoms with Crippen LogP contribution in [0.5, 0.6) is 5.75 Å². The lowest BCUT2D eigenvalue weighted by atomic mass is 9.96. The van der Waals surface area contributed by atoms with Crippen LogP contribution in [0.25, 0.3) is 0 Å². The number of amides is 2. The lowest BCUT2D eigenvalue weighted by Gasteiger charge is -2.22. The summed E-state index contributed by atoms with van der Waals surface area (Å²) in [6, 6.07) is 8.56. The van der Waals surface area contributed by atoms with E-state index in [9.17, 15) is 4.79 Å². The minimum absolute atomic E-state index is 0.158. The van der Waals surface area contributed by atoms with Crippen molar-refractivity contribution >= 4 is 11.8 Å². The number of ether oxygens (including phenoxy) is 1. The van der Waals surface area contributed by atoms with Crippen molar-refractivity contribution in [1.29, 1.82) is 0 Å². The Bertz CT molecular complexity index is 717.